The van der Waals surface area contributed by atoms with Gasteiger partial charge < -0.3 is 10.1 Å². The number of carbonyl (C=O) groups excluding carboxylic acids is 3. The summed E-state index contributed by atoms with van der Waals surface area (Å²) >= 11 is 6.81. The summed E-state index contributed by atoms with van der Waals surface area (Å²) < 4.78 is 43.0. The molecule has 1 N–H and O–H groups in total. The van der Waals surface area contributed by atoms with Crippen molar-refractivity contribution in [3.63, 3.8) is 0 Å². The van der Waals surface area contributed by atoms with Gasteiger partial charge in [0.1, 0.15) is 0 Å². The number of ketones is 1. The van der Waals surface area contributed by atoms with Gasteiger partial charge in [0.15, 0.2) is 12.4 Å². The van der Waals surface area contributed by atoms with Gasteiger partial charge in [0, 0.05) is 12.1 Å². The summed E-state index contributed by atoms with van der Waals surface area (Å²) in [6, 6.07) is 7.17. The smallest absolute Gasteiger partial charge is 0.416 e. The molecule has 1 aromatic carbocycles. The second-order valence-corrected chi connectivity index (χ2v) is 7.03. The summed E-state index contributed by atoms with van der Waals surface area (Å²) in [7, 11) is 0. The summed E-state index contributed by atoms with van der Waals surface area (Å²) in [5.41, 5.74) is -0.986. The van der Waals surface area contributed by atoms with Crippen LogP contribution in [0.1, 0.15) is 28.1 Å². The van der Waals surface area contributed by atoms with E-state index in [9.17, 15) is 27.6 Å². The van der Waals surface area contributed by atoms with Crippen LogP contribution in [0.5, 0.6) is 0 Å². The molecule has 2 rings (SSSR count). The number of ether oxygens (including phenoxy) is 1. The van der Waals surface area contributed by atoms with Crippen LogP contribution >= 0.6 is 22.9 Å². The fraction of sp³-hybridized carbons (Fsp3) is 0.235. The van der Waals surface area contributed by atoms with Crippen LogP contribution < -0.4 is 5.32 Å². The van der Waals surface area contributed by atoms with Gasteiger partial charge >= 0.3 is 12.1 Å². The van der Waals surface area contributed by atoms with E-state index < -0.39 is 30.2 Å². The Morgan fingerprint density at radius 2 is 1.85 bits per heavy atom. The highest BCUT2D eigenvalue weighted by Crippen LogP contribution is 2.30. The van der Waals surface area contributed by atoms with Crippen molar-refractivity contribution in [1.29, 1.82) is 0 Å². The third kappa shape index (κ3) is 6.69. The Morgan fingerprint density at radius 1 is 1.11 bits per heavy atom. The van der Waals surface area contributed by atoms with Crippen molar-refractivity contribution in [2.45, 2.75) is 19.0 Å². The van der Waals surface area contributed by atoms with Gasteiger partial charge in [0.2, 0.25) is 0 Å². The standard InChI is InChI=1S/C17H13ClF3NO4S/c18-14-6-5-13(27-14)12(23)4-7-16(25)26-9-15(24)22-11-3-1-2-10(8-11)17(19,20)21/h1-3,5-6,8H,4,7,9H2,(H,22,24). The van der Waals surface area contributed by atoms with Gasteiger partial charge in [-0.1, -0.05) is 17.7 Å². The summed E-state index contributed by atoms with van der Waals surface area (Å²) in [5, 5.41) is 2.21. The number of Topliss-reactive ketones (excluding diaryl/α,β-unsaturated/α-hetero) is 1. The Bertz CT molecular complexity index is 851. The second-order valence-electron chi connectivity index (χ2n) is 5.31. The van der Waals surface area contributed by atoms with Gasteiger partial charge in [0.05, 0.1) is 21.2 Å². The van der Waals surface area contributed by atoms with Crippen LogP contribution in [-0.2, 0) is 20.5 Å². The van der Waals surface area contributed by atoms with E-state index in [4.69, 9.17) is 16.3 Å². The van der Waals surface area contributed by atoms with E-state index >= 15 is 0 Å². The van der Waals surface area contributed by atoms with Gasteiger partial charge in [-0.15, -0.1) is 11.3 Å². The highest BCUT2D eigenvalue weighted by Gasteiger charge is 2.30. The lowest BCUT2D eigenvalue weighted by Crippen LogP contribution is -2.21. The molecule has 0 radical (unpaired) electrons. The van der Waals surface area contributed by atoms with Crippen molar-refractivity contribution >= 4 is 46.3 Å². The maximum atomic E-state index is 12.6. The highest BCUT2D eigenvalue weighted by molar-refractivity contribution is 7.18. The lowest BCUT2D eigenvalue weighted by molar-refractivity contribution is -0.147. The highest BCUT2D eigenvalue weighted by atomic mass is 35.5. The van der Waals surface area contributed by atoms with Gasteiger partial charge in [-0.05, 0) is 30.3 Å². The van der Waals surface area contributed by atoms with Crippen molar-refractivity contribution in [1.82, 2.24) is 0 Å². The molecule has 0 atom stereocenters. The van der Waals surface area contributed by atoms with Gasteiger partial charge in [0.25, 0.3) is 5.91 Å². The number of alkyl halides is 3. The van der Waals surface area contributed by atoms with Gasteiger partial charge in [-0.2, -0.15) is 13.2 Å². The molecule has 144 valence electrons. The summed E-state index contributed by atoms with van der Waals surface area (Å²) in [6.45, 7) is -0.673. The molecular weight excluding hydrogens is 407 g/mol. The minimum absolute atomic E-state index is 0.0735. The Kier molecular flexibility index (Phi) is 6.98. The molecular formula is C17H13ClF3NO4S. The fourth-order valence-electron chi connectivity index (χ4n) is 1.99. The van der Waals surface area contributed by atoms with Crippen molar-refractivity contribution in [3.05, 3.63) is 51.2 Å². The molecule has 0 saturated heterocycles. The first-order valence-corrected chi connectivity index (χ1v) is 8.76. The zero-order chi connectivity index (χ0) is 20.0. The molecule has 5 nitrogen and oxygen atoms in total. The molecule has 0 aliphatic rings. The third-order valence-electron chi connectivity index (χ3n) is 3.24. The van der Waals surface area contributed by atoms with Crippen molar-refractivity contribution < 1.29 is 32.3 Å². The molecule has 0 saturated carbocycles. The first-order chi connectivity index (χ1) is 12.6. The van der Waals surface area contributed by atoms with Crippen molar-refractivity contribution in [3.8, 4) is 0 Å². The van der Waals surface area contributed by atoms with Crippen LogP contribution in [0, 0.1) is 0 Å². The number of hydrogen-bond donors (Lipinski definition) is 1. The average molecular weight is 420 g/mol. The molecule has 10 heteroatoms. The van der Waals surface area contributed by atoms with E-state index in [2.05, 4.69) is 5.32 Å². The molecule has 0 bridgehead atoms. The van der Waals surface area contributed by atoms with E-state index in [1.807, 2.05) is 0 Å². The Labute approximate surface area is 161 Å². The minimum atomic E-state index is -4.54. The zero-order valence-electron chi connectivity index (χ0n) is 13.6. The molecule has 0 aliphatic carbocycles. The molecule has 27 heavy (non-hydrogen) atoms. The van der Waals surface area contributed by atoms with Crippen LogP contribution in [-0.4, -0.2) is 24.3 Å². The van der Waals surface area contributed by atoms with Crippen LogP contribution in [0.15, 0.2) is 36.4 Å². The van der Waals surface area contributed by atoms with Gasteiger partial charge in [-0.3, -0.25) is 14.4 Å². The molecule has 2 aromatic rings. The van der Waals surface area contributed by atoms with Crippen LogP contribution in [0.2, 0.25) is 4.34 Å². The minimum Gasteiger partial charge on any atom is -0.456 e. The third-order valence-corrected chi connectivity index (χ3v) is 4.51. The van der Waals surface area contributed by atoms with Crippen LogP contribution in [0.3, 0.4) is 0 Å². The van der Waals surface area contributed by atoms with E-state index in [0.29, 0.717) is 9.21 Å². The zero-order valence-corrected chi connectivity index (χ0v) is 15.2. The topological polar surface area (TPSA) is 72.5 Å². The summed E-state index contributed by atoms with van der Waals surface area (Å²) in [5.74, 6) is -1.85. The number of nitrogens with one attached hydrogen (secondary N) is 1. The maximum absolute atomic E-state index is 12.6. The predicted octanol–water partition coefficient (Wildman–Crippen LogP) is 4.57. The lowest BCUT2D eigenvalue weighted by atomic mass is 10.2. The number of halogens is 4. The number of carbonyl (C=O) groups is 3. The van der Waals surface area contributed by atoms with E-state index in [1.165, 1.54) is 6.07 Å². The molecule has 0 unspecified atom stereocenters. The Hall–Kier alpha value is -2.39. The normalized spacial score (nSPS) is 11.1. The quantitative estimate of drug-likeness (QED) is 0.527. The number of esters is 1. The first-order valence-electron chi connectivity index (χ1n) is 7.56. The molecule has 0 aliphatic heterocycles. The fourth-order valence-corrected chi connectivity index (χ4v) is 3.00. The van der Waals surface area contributed by atoms with Crippen molar-refractivity contribution in [2.75, 3.05) is 11.9 Å². The largest absolute Gasteiger partial charge is 0.456 e. The molecule has 0 spiro atoms. The number of anilines is 1. The summed E-state index contributed by atoms with van der Waals surface area (Å²) in [4.78, 5) is 35.5. The van der Waals surface area contributed by atoms with Crippen LogP contribution in [0.25, 0.3) is 0 Å². The second kappa shape index (κ2) is 9.01. The SMILES string of the molecule is O=C(COC(=O)CCC(=O)c1ccc(Cl)s1)Nc1cccc(C(F)(F)F)c1. The lowest BCUT2D eigenvalue weighted by Gasteiger charge is -2.10. The predicted molar refractivity (Wildman–Crippen MR) is 93.9 cm³/mol. The monoisotopic (exact) mass is 419 g/mol. The molecule has 1 amide bonds. The van der Waals surface area contributed by atoms with Crippen LogP contribution in [0.4, 0.5) is 18.9 Å². The molecule has 0 fully saturated rings. The maximum Gasteiger partial charge on any atom is 0.416 e. The molecule has 1 aromatic heterocycles. The number of hydrogen-bond acceptors (Lipinski definition) is 5. The number of rotatable bonds is 7. The van der Waals surface area contributed by atoms with Gasteiger partial charge in [-0.25, -0.2) is 0 Å². The number of amides is 1. The molecule has 1 heterocycles. The van der Waals surface area contributed by atoms with E-state index in [1.54, 1.807) is 12.1 Å². The Morgan fingerprint density at radius 3 is 2.48 bits per heavy atom. The number of benzene rings is 1. The number of thiophene rings is 1. The van der Waals surface area contributed by atoms with E-state index in [0.717, 1.165) is 29.5 Å². The van der Waals surface area contributed by atoms with E-state index in [-0.39, 0.29) is 24.3 Å². The average Bonchev–Trinajstić information content (AvgIpc) is 3.04. The summed E-state index contributed by atoms with van der Waals surface area (Å²) in [6.07, 6.45) is -4.87. The Balaban J connectivity index is 1.76. The van der Waals surface area contributed by atoms with Crippen molar-refractivity contribution in [2.24, 2.45) is 0 Å². The first kappa shape index (κ1) is 20.9.